The standard InChI is InChI=1S/C14H19ClN2O4S/c1-14(2,3)11(19)10-7(5-21-8(18)4-16)6-22-13-9(15)12(20)17(10)13/h9,13H,4-6,16H2,1-3H3/t9-,13-/m0/s1. The third-order valence-electron chi connectivity index (χ3n) is 3.45. The van der Waals surface area contributed by atoms with E-state index < -0.39 is 16.8 Å². The largest absolute Gasteiger partial charge is 0.460 e. The molecule has 8 heteroatoms. The minimum atomic E-state index is -0.650. The fourth-order valence-electron chi connectivity index (χ4n) is 2.21. The van der Waals surface area contributed by atoms with E-state index in [-0.39, 0.29) is 30.2 Å². The monoisotopic (exact) mass is 346 g/mol. The Morgan fingerprint density at radius 2 is 2.09 bits per heavy atom. The molecular weight excluding hydrogens is 328 g/mol. The van der Waals surface area contributed by atoms with E-state index in [4.69, 9.17) is 22.1 Å². The van der Waals surface area contributed by atoms with E-state index in [1.54, 1.807) is 20.8 Å². The third kappa shape index (κ3) is 3.02. The molecule has 0 aromatic rings. The summed E-state index contributed by atoms with van der Waals surface area (Å²) < 4.78 is 5.04. The van der Waals surface area contributed by atoms with Gasteiger partial charge in [0.25, 0.3) is 0 Å². The number of carbonyl (C=O) groups is 3. The first kappa shape index (κ1) is 17.3. The van der Waals surface area contributed by atoms with Crippen molar-refractivity contribution >= 4 is 41.0 Å². The van der Waals surface area contributed by atoms with Gasteiger partial charge in [-0.1, -0.05) is 20.8 Å². The summed E-state index contributed by atoms with van der Waals surface area (Å²) >= 11 is 7.47. The van der Waals surface area contributed by atoms with Gasteiger partial charge in [-0.3, -0.25) is 19.3 Å². The minimum absolute atomic E-state index is 0.0381. The number of allylic oxidation sites excluding steroid dienone is 1. The van der Waals surface area contributed by atoms with Crippen LogP contribution in [0.25, 0.3) is 0 Å². The Bertz CT molecular complexity index is 556. The molecule has 2 atom stereocenters. The van der Waals surface area contributed by atoms with Crippen LogP contribution in [0, 0.1) is 5.41 Å². The van der Waals surface area contributed by atoms with Gasteiger partial charge >= 0.3 is 5.97 Å². The van der Waals surface area contributed by atoms with E-state index in [1.807, 2.05) is 0 Å². The van der Waals surface area contributed by atoms with Gasteiger partial charge in [0.15, 0.2) is 5.78 Å². The summed E-state index contributed by atoms with van der Waals surface area (Å²) in [5.74, 6) is -0.498. The van der Waals surface area contributed by atoms with Crippen molar-refractivity contribution in [2.24, 2.45) is 11.1 Å². The lowest BCUT2D eigenvalue weighted by molar-refractivity contribution is -0.142. The maximum absolute atomic E-state index is 12.7. The zero-order valence-corrected chi connectivity index (χ0v) is 14.3. The predicted octanol–water partition coefficient (Wildman–Crippen LogP) is 0.880. The van der Waals surface area contributed by atoms with Crippen molar-refractivity contribution in [3.05, 3.63) is 11.3 Å². The third-order valence-corrected chi connectivity index (χ3v) is 5.37. The number of Topliss-reactive ketones (excluding diaryl/α,β-unsaturated/α-hetero) is 1. The number of hydrogen-bond donors (Lipinski definition) is 1. The molecule has 1 amide bonds. The Hall–Kier alpha value is -1.05. The zero-order chi connectivity index (χ0) is 16.7. The van der Waals surface area contributed by atoms with E-state index in [1.165, 1.54) is 16.7 Å². The summed E-state index contributed by atoms with van der Waals surface area (Å²) in [6.45, 7) is 5.09. The van der Waals surface area contributed by atoms with Gasteiger partial charge < -0.3 is 10.5 Å². The topological polar surface area (TPSA) is 89.7 Å². The Kier molecular flexibility index (Phi) is 4.89. The molecule has 2 aliphatic rings. The number of thioether (sulfide) groups is 1. The summed E-state index contributed by atoms with van der Waals surface area (Å²) in [5, 5.41) is -0.842. The number of nitrogens with zero attached hydrogens (tertiary/aromatic N) is 1. The van der Waals surface area contributed by atoms with Gasteiger partial charge in [-0.05, 0) is 0 Å². The van der Waals surface area contributed by atoms with Crippen LogP contribution in [-0.2, 0) is 19.1 Å². The number of alkyl halides is 1. The van der Waals surface area contributed by atoms with Gasteiger partial charge in [-0.15, -0.1) is 23.4 Å². The number of fused-ring (bicyclic) bond motifs is 1. The first-order valence-corrected chi connectivity index (χ1v) is 8.38. The van der Waals surface area contributed by atoms with Crippen LogP contribution in [-0.4, -0.2) is 52.2 Å². The molecule has 0 spiro atoms. The molecule has 0 aromatic heterocycles. The highest BCUT2D eigenvalue weighted by atomic mass is 35.5. The van der Waals surface area contributed by atoms with E-state index in [9.17, 15) is 14.4 Å². The Labute approximate surface area is 138 Å². The number of amides is 1. The highest BCUT2D eigenvalue weighted by Crippen LogP contribution is 2.44. The van der Waals surface area contributed by atoms with Gasteiger partial charge in [0, 0.05) is 16.7 Å². The Morgan fingerprint density at radius 3 is 2.64 bits per heavy atom. The second-order valence-electron chi connectivity index (χ2n) is 6.21. The van der Waals surface area contributed by atoms with Crippen molar-refractivity contribution in [1.29, 1.82) is 0 Å². The van der Waals surface area contributed by atoms with Crippen molar-refractivity contribution in [1.82, 2.24) is 4.90 Å². The van der Waals surface area contributed by atoms with Crippen LogP contribution in [0.3, 0.4) is 0 Å². The van der Waals surface area contributed by atoms with Crippen molar-refractivity contribution in [2.75, 3.05) is 18.9 Å². The molecule has 0 aromatic carbocycles. The number of ketones is 1. The fraction of sp³-hybridized carbons (Fsp3) is 0.643. The lowest BCUT2D eigenvalue weighted by atomic mass is 9.86. The maximum Gasteiger partial charge on any atom is 0.320 e. The van der Waals surface area contributed by atoms with E-state index >= 15 is 0 Å². The average Bonchev–Trinajstić information content (AvgIpc) is 2.48. The first-order chi connectivity index (χ1) is 10.2. The van der Waals surface area contributed by atoms with Crippen LogP contribution in [0.1, 0.15) is 20.8 Å². The van der Waals surface area contributed by atoms with Gasteiger partial charge in [0.05, 0.1) is 12.2 Å². The molecule has 2 rings (SSSR count). The summed E-state index contributed by atoms with van der Waals surface area (Å²) in [5.41, 5.74) is 5.50. The highest BCUT2D eigenvalue weighted by molar-refractivity contribution is 8.00. The molecule has 0 unspecified atom stereocenters. The van der Waals surface area contributed by atoms with Crippen LogP contribution in [0.4, 0.5) is 0 Å². The molecule has 0 saturated carbocycles. The summed E-state index contributed by atoms with van der Waals surface area (Å²) in [6.07, 6.45) is 0. The van der Waals surface area contributed by atoms with Crippen LogP contribution >= 0.6 is 23.4 Å². The van der Waals surface area contributed by atoms with Crippen LogP contribution in [0.15, 0.2) is 11.3 Å². The molecule has 2 aliphatic heterocycles. The molecule has 2 heterocycles. The summed E-state index contributed by atoms with van der Waals surface area (Å²) in [7, 11) is 0. The summed E-state index contributed by atoms with van der Waals surface area (Å²) in [6, 6.07) is 0. The van der Waals surface area contributed by atoms with Crippen LogP contribution in [0.2, 0.25) is 0 Å². The number of esters is 1. The lowest BCUT2D eigenvalue weighted by Crippen LogP contribution is -2.63. The number of halogens is 1. The van der Waals surface area contributed by atoms with E-state index in [0.29, 0.717) is 17.0 Å². The Balaban J connectivity index is 2.34. The van der Waals surface area contributed by atoms with Crippen molar-refractivity contribution in [3.8, 4) is 0 Å². The minimum Gasteiger partial charge on any atom is -0.460 e. The number of carbonyl (C=O) groups excluding carboxylic acids is 3. The molecule has 1 saturated heterocycles. The molecule has 2 N–H and O–H groups in total. The lowest BCUT2D eigenvalue weighted by Gasteiger charge is -2.48. The molecule has 6 nitrogen and oxygen atoms in total. The maximum atomic E-state index is 12.7. The Morgan fingerprint density at radius 1 is 1.45 bits per heavy atom. The predicted molar refractivity (Wildman–Crippen MR) is 84.2 cm³/mol. The molecule has 1 fully saturated rings. The molecule has 22 heavy (non-hydrogen) atoms. The molecular formula is C14H19ClN2O4S. The van der Waals surface area contributed by atoms with Gasteiger partial charge in [-0.25, -0.2) is 0 Å². The number of rotatable bonds is 4. The van der Waals surface area contributed by atoms with Gasteiger partial charge in [0.1, 0.15) is 17.4 Å². The normalized spacial score (nSPS) is 24.8. The highest BCUT2D eigenvalue weighted by Gasteiger charge is 2.53. The quantitative estimate of drug-likeness (QED) is 0.462. The van der Waals surface area contributed by atoms with Crippen LogP contribution < -0.4 is 5.73 Å². The van der Waals surface area contributed by atoms with Gasteiger partial charge in [0.2, 0.25) is 5.91 Å². The first-order valence-electron chi connectivity index (χ1n) is 6.89. The fourth-order valence-corrected chi connectivity index (χ4v) is 3.88. The van der Waals surface area contributed by atoms with Crippen molar-refractivity contribution in [2.45, 2.75) is 31.5 Å². The van der Waals surface area contributed by atoms with Crippen molar-refractivity contribution < 1.29 is 19.1 Å². The average molecular weight is 347 g/mol. The zero-order valence-electron chi connectivity index (χ0n) is 12.7. The molecule has 0 radical (unpaired) electrons. The number of β-lactam (4-membered cyclic amide) rings is 1. The van der Waals surface area contributed by atoms with Crippen LogP contribution in [0.5, 0.6) is 0 Å². The molecule has 122 valence electrons. The number of hydrogen-bond acceptors (Lipinski definition) is 6. The second kappa shape index (κ2) is 6.22. The smallest absolute Gasteiger partial charge is 0.320 e. The van der Waals surface area contributed by atoms with Gasteiger partial charge in [-0.2, -0.15) is 0 Å². The SMILES string of the molecule is CC(C)(C)C(=O)C1=C(COC(=O)CN)CS[C@H]2[C@@H](Cl)C(=O)N12. The summed E-state index contributed by atoms with van der Waals surface area (Å²) in [4.78, 5) is 37.4. The number of ether oxygens (including phenoxy) is 1. The molecule has 0 bridgehead atoms. The van der Waals surface area contributed by atoms with Crippen molar-refractivity contribution in [3.63, 3.8) is 0 Å². The number of nitrogens with two attached hydrogens (primary N) is 1. The van der Waals surface area contributed by atoms with E-state index in [0.717, 1.165) is 0 Å². The van der Waals surface area contributed by atoms with E-state index in [2.05, 4.69) is 0 Å². The molecule has 0 aliphatic carbocycles. The second-order valence-corrected chi connectivity index (χ2v) is 7.78.